The summed E-state index contributed by atoms with van der Waals surface area (Å²) in [4.78, 5) is 2.06. The van der Waals surface area contributed by atoms with Gasteiger partial charge in [0.25, 0.3) is 0 Å². The van der Waals surface area contributed by atoms with Crippen molar-refractivity contribution in [3.05, 3.63) is 0 Å². The summed E-state index contributed by atoms with van der Waals surface area (Å²) in [5.74, 6) is 2.47. The monoisotopic (exact) mass is 153 g/mol. The average Bonchev–Trinajstić information content (AvgIpc) is 2.07. The van der Waals surface area contributed by atoms with E-state index in [4.69, 9.17) is 6.42 Å². The molecule has 11 heavy (non-hydrogen) atoms. The number of hydrogen-bond acceptors (Lipinski definition) is 2. The molecule has 1 rings (SSSR count). The highest BCUT2D eigenvalue weighted by atomic mass is 16.3. The zero-order chi connectivity index (χ0) is 8.10. The first-order chi connectivity index (χ1) is 5.34. The molecule has 0 amide bonds. The van der Waals surface area contributed by atoms with Crippen molar-refractivity contribution >= 4 is 0 Å². The minimum atomic E-state index is -0.403. The molecule has 1 atom stereocenters. The summed E-state index contributed by atoms with van der Waals surface area (Å²) in [7, 11) is 0. The SMILES string of the molecule is C#CCC(O)N1CCCCC1. The van der Waals surface area contributed by atoms with Crippen LogP contribution in [0, 0.1) is 12.3 Å². The summed E-state index contributed by atoms with van der Waals surface area (Å²) in [6.45, 7) is 2.01. The van der Waals surface area contributed by atoms with Crippen molar-refractivity contribution in [2.75, 3.05) is 13.1 Å². The van der Waals surface area contributed by atoms with E-state index in [1.807, 2.05) is 0 Å². The van der Waals surface area contributed by atoms with Crippen molar-refractivity contribution in [2.24, 2.45) is 0 Å². The highest BCUT2D eigenvalue weighted by molar-refractivity contribution is 4.87. The second kappa shape index (κ2) is 4.38. The number of aliphatic hydroxyl groups excluding tert-OH is 1. The Morgan fingerprint density at radius 3 is 2.55 bits per heavy atom. The molecular formula is C9H15NO. The van der Waals surface area contributed by atoms with Gasteiger partial charge in [0.05, 0.1) is 0 Å². The van der Waals surface area contributed by atoms with E-state index in [1.54, 1.807) is 0 Å². The molecule has 0 saturated carbocycles. The van der Waals surface area contributed by atoms with Crippen LogP contribution in [0.25, 0.3) is 0 Å². The minimum absolute atomic E-state index is 0.403. The van der Waals surface area contributed by atoms with Gasteiger partial charge < -0.3 is 5.11 Å². The number of hydrogen-bond donors (Lipinski definition) is 1. The normalized spacial score (nSPS) is 22.5. The molecule has 0 radical (unpaired) electrons. The number of rotatable bonds is 2. The lowest BCUT2D eigenvalue weighted by atomic mass is 10.1. The first-order valence-electron chi connectivity index (χ1n) is 4.20. The molecule has 0 aliphatic carbocycles. The standard InChI is InChI=1S/C9H15NO/c1-2-6-9(11)10-7-4-3-5-8-10/h1,9,11H,3-8H2. The van der Waals surface area contributed by atoms with Gasteiger partial charge in [0, 0.05) is 19.5 Å². The van der Waals surface area contributed by atoms with Gasteiger partial charge in [-0.25, -0.2) is 0 Å². The summed E-state index contributed by atoms with van der Waals surface area (Å²) >= 11 is 0. The summed E-state index contributed by atoms with van der Waals surface area (Å²) in [6.07, 6.45) is 8.84. The van der Waals surface area contributed by atoms with E-state index in [0.717, 1.165) is 13.1 Å². The molecule has 1 saturated heterocycles. The Morgan fingerprint density at radius 2 is 2.00 bits per heavy atom. The Labute approximate surface area is 68.2 Å². The van der Waals surface area contributed by atoms with Crippen LogP contribution in [0.2, 0.25) is 0 Å². The Balaban J connectivity index is 2.27. The fourth-order valence-corrected chi connectivity index (χ4v) is 1.45. The number of aliphatic hydroxyl groups is 1. The maximum absolute atomic E-state index is 9.46. The van der Waals surface area contributed by atoms with Crippen molar-refractivity contribution in [1.29, 1.82) is 0 Å². The largest absolute Gasteiger partial charge is 0.377 e. The van der Waals surface area contributed by atoms with E-state index in [0.29, 0.717) is 6.42 Å². The lowest BCUT2D eigenvalue weighted by Crippen LogP contribution is -2.38. The molecular weight excluding hydrogens is 138 g/mol. The highest BCUT2D eigenvalue weighted by Gasteiger charge is 2.16. The molecule has 1 aliphatic rings. The van der Waals surface area contributed by atoms with Crippen LogP contribution in [0.15, 0.2) is 0 Å². The number of likely N-dealkylation sites (tertiary alicyclic amines) is 1. The fourth-order valence-electron chi connectivity index (χ4n) is 1.45. The van der Waals surface area contributed by atoms with E-state index in [1.165, 1.54) is 19.3 Å². The lowest BCUT2D eigenvalue weighted by molar-refractivity contribution is -0.00356. The molecule has 1 unspecified atom stereocenters. The molecule has 1 aliphatic heterocycles. The van der Waals surface area contributed by atoms with Gasteiger partial charge in [-0.05, 0) is 12.8 Å². The number of terminal acetylenes is 1. The van der Waals surface area contributed by atoms with Gasteiger partial charge in [0.2, 0.25) is 0 Å². The average molecular weight is 153 g/mol. The Bertz CT molecular complexity index is 144. The Hall–Kier alpha value is -0.520. The summed E-state index contributed by atoms with van der Waals surface area (Å²) < 4.78 is 0. The summed E-state index contributed by atoms with van der Waals surface area (Å²) in [6, 6.07) is 0. The van der Waals surface area contributed by atoms with Crippen LogP contribution in [0.1, 0.15) is 25.7 Å². The van der Waals surface area contributed by atoms with Crippen molar-refractivity contribution in [2.45, 2.75) is 31.9 Å². The van der Waals surface area contributed by atoms with Crippen LogP contribution < -0.4 is 0 Å². The van der Waals surface area contributed by atoms with Gasteiger partial charge in [-0.2, -0.15) is 0 Å². The first-order valence-corrected chi connectivity index (χ1v) is 4.20. The molecule has 1 N–H and O–H groups in total. The predicted octanol–water partition coefficient (Wildman–Crippen LogP) is 0.814. The van der Waals surface area contributed by atoms with Crippen LogP contribution in [0.5, 0.6) is 0 Å². The molecule has 0 aromatic rings. The number of piperidine rings is 1. The van der Waals surface area contributed by atoms with Crippen molar-refractivity contribution < 1.29 is 5.11 Å². The smallest absolute Gasteiger partial charge is 0.118 e. The van der Waals surface area contributed by atoms with Crippen molar-refractivity contribution in [3.8, 4) is 12.3 Å². The van der Waals surface area contributed by atoms with Crippen LogP contribution >= 0.6 is 0 Å². The molecule has 0 bridgehead atoms. The first kappa shape index (κ1) is 8.58. The lowest BCUT2D eigenvalue weighted by Gasteiger charge is -2.29. The summed E-state index contributed by atoms with van der Waals surface area (Å²) in [5.41, 5.74) is 0. The topological polar surface area (TPSA) is 23.5 Å². The maximum atomic E-state index is 9.46. The van der Waals surface area contributed by atoms with E-state index < -0.39 is 6.23 Å². The molecule has 0 aromatic carbocycles. The second-order valence-electron chi connectivity index (χ2n) is 2.99. The second-order valence-corrected chi connectivity index (χ2v) is 2.99. The van der Waals surface area contributed by atoms with E-state index in [-0.39, 0.29) is 0 Å². The molecule has 0 aromatic heterocycles. The maximum Gasteiger partial charge on any atom is 0.118 e. The van der Waals surface area contributed by atoms with E-state index >= 15 is 0 Å². The van der Waals surface area contributed by atoms with Crippen LogP contribution in [-0.2, 0) is 0 Å². The third-order valence-electron chi connectivity index (χ3n) is 2.11. The zero-order valence-electron chi connectivity index (χ0n) is 6.79. The number of nitrogens with zero attached hydrogens (tertiary/aromatic N) is 1. The van der Waals surface area contributed by atoms with Crippen molar-refractivity contribution in [3.63, 3.8) is 0 Å². The van der Waals surface area contributed by atoms with Gasteiger partial charge in [0.1, 0.15) is 6.23 Å². The molecule has 1 fully saturated rings. The molecule has 2 heteroatoms. The van der Waals surface area contributed by atoms with E-state index in [9.17, 15) is 5.11 Å². The molecule has 1 heterocycles. The van der Waals surface area contributed by atoms with Gasteiger partial charge in [-0.1, -0.05) is 6.42 Å². The van der Waals surface area contributed by atoms with E-state index in [2.05, 4.69) is 10.8 Å². The fraction of sp³-hybridized carbons (Fsp3) is 0.778. The van der Waals surface area contributed by atoms with Gasteiger partial charge >= 0.3 is 0 Å². The van der Waals surface area contributed by atoms with Crippen LogP contribution in [0.4, 0.5) is 0 Å². The third kappa shape index (κ3) is 2.53. The van der Waals surface area contributed by atoms with Gasteiger partial charge in [0.15, 0.2) is 0 Å². The summed E-state index contributed by atoms with van der Waals surface area (Å²) in [5, 5.41) is 9.46. The third-order valence-corrected chi connectivity index (χ3v) is 2.11. The van der Waals surface area contributed by atoms with Gasteiger partial charge in [-0.15, -0.1) is 12.3 Å². The van der Waals surface area contributed by atoms with Gasteiger partial charge in [-0.3, -0.25) is 4.90 Å². The molecule has 0 spiro atoms. The Kier molecular flexibility index (Phi) is 3.41. The van der Waals surface area contributed by atoms with Crippen LogP contribution in [0.3, 0.4) is 0 Å². The van der Waals surface area contributed by atoms with Crippen LogP contribution in [-0.4, -0.2) is 29.3 Å². The Morgan fingerprint density at radius 1 is 1.36 bits per heavy atom. The minimum Gasteiger partial charge on any atom is -0.377 e. The molecule has 62 valence electrons. The zero-order valence-corrected chi connectivity index (χ0v) is 6.79. The predicted molar refractivity (Wildman–Crippen MR) is 44.9 cm³/mol. The quantitative estimate of drug-likeness (QED) is 0.593. The molecule has 2 nitrogen and oxygen atoms in total. The van der Waals surface area contributed by atoms with Crippen molar-refractivity contribution in [1.82, 2.24) is 4.90 Å². The highest BCUT2D eigenvalue weighted by Crippen LogP contribution is 2.11.